The van der Waals surface area contributed by atoms with Crippen molar-refractivity contribution in [1.82, 2.24) is 9.80 Å². The third-order valence-electron chi connectivity index (χ3n) is 3.57. The Labute approximate surface area is 128 Å². The van der Waals surface area contributed by atoms with Crippen LogP contribution in [0.1, 0.15) is 6.92 Å². The fourth-order valence-corrected chi connectivity index (χ4v) is 2.38. The molecule has 1 unspecified atom stereocenters. The molecule has 1 aliphatic heterocycles. The molecule has 1 saturated heterocycles. The van der Waals surface area contributed by atoms with E-state index in [-0.39, 0.29) is 25.0 Å². The van der Waals surface area contributed by atoms with Gasteiger partial charge >= 0.3 is 0 Å². The number of hydrogen-bond acceptors (Lipinski definition) is 4. The van der Waals surface area contributed by atoms with E-state index >= 15 is 0 Å². The van der Waals surface area contributed by atoms with Crippen LogP contribution in [0, 0.1) is 0 Å². The quantitative estimate of drug-likeness (QED) is 0.820. The Morgan fingerprint density at radius 1 is 1.23 bits per heavy atom. The molecule has 1 aromatic rings. The molecule has 0 aliphatic carbocycles. The molecule has 3 amide bonds. The van der Waals surface area contributed by atoms with Gasteiger partial charge in [0, 0.05) is 20.0 Å². The van der Waals surface area contributed by atoms with Gasteiger partial charge in [0.15, 0.2) is 6.61 Å². The minimum atomic E-state index is -0.785. The van der Waals surface area contributed by atoms with E-state index in [1.54, 1.807) is 12.1 Å². The Bertz CT molecular complexity index is 561. The molecular formula is C15H19N3O4. The Morgan fingerprint density at radius 2 is 1.91 bits per heavy atom. The number of hydrogen-bond donors (Lipinski definition) is 1. The van der Waals surface area contributed by atoms with Gasteiger partial charge in [0.25, 0.3) is 5.91 Å². The van der Waals surface area contributed by atoms with E-state index in [1.807, 2.05) is 18.2 Å². The van der Waals surface area contributed by atoms with Crippen molar-refractivity contribution in [2.24, 2.45) is 5.73 Å². The summed E-state index contributed by atoms with van der Waals surface area (Å²) in [6.45, 7) is 2.02. The highest BCUT2D eigenvalue weighted by Crippen LogP contribution is 2.12. The highest BCUT2D eigenvalue weighted by molar-refractivity contribution is 5.87. The van der Waals surface area contributed by atoms with Crippen LogP contribution < -0.4 is 10.5 Å². The topological polar surface area (TPSA) is 92.9 Å². The van der Waals surface area contributed by atoms with Gasteiger partial charge in [-0.25, -0.2) is 0 Å². The minimum Gasteiger partial charge on any atom is -0.484 e. The molecule has 1 fully saturated rings. The molecule has 0 bridgehead atoms. The Morgan fingerprint density at radius 3 is 2.50 bits per heavy atom. The summed E-state index contributed by atoms with van der Waals surface area (Å²) < 4.78 is 5.40. The first-order chi connectivity index (χ1) is 10.5. The predicted molar refractivity (Wildman–Crippen MR) is 78.9 cm³/mol. The summed E-state index contributed by atoms with van der Waals surface area (Å²) >= 11 is 0. The molecule has 2 N–H and O–H groups in total. The lowest BCUT2D eigenvalue weighted by Crippen LogP contribution is -2.61. The minimum absolute atomic E-state index is 0.103. The third-order valence-corrected chi connectivity index (χ3v) is 3.57. The molecule has 0 spiro atoms. The molecule has 1 aliphatic rings. The summed E-state index contributed by atoms with van der Waals surface area (Å²) in [6, 6.07) is 8.21. The van der Waals surface area contributed by atoms with E-state index in [0.717, 1.165) is 0 Å². The number of primary amides is 1. The summed E-state index contributed by atoms with van der Waals surface area (Å²) in [4.78, 5) is 38.0. The smallest absolute Gasteiger partial charge is 0.260 e. The second-order valence-corrected chi connectivity index (χ2v) is 5.07. The fourth-order valence-electron chi connectivity index (χ4n) is 2.38. The molecule has 1 heterocycles. The number of carbonyl (C=O) groups excluding carboxylic acids is 3. The molecule has 2 rings (SSSR count). The number of ether oxygens (including phenoxy) is 1. The van der Waals surface area contributed by atoms with Gasteiger partial charge in [-0.05, 0) is 12.1 Å². The largest absolute Gasteiger partial charge is 0.484 e. The van der Waals surface area contributed by atoms with Crippen LogP contribution in [0.2, 0.25) is 0 Å². The summed E-state index contributed by atoms with van der Waals surface area (Å²) in [6.07, 6.45) is 0. The maximum Gasteiger partial charge on any atom is 0.260 e. The molecule has 0 saturated carbocycles. The highest BCUT2D eigenvalue weighted by Gasteiger charge is 2.34. The van der Waals surface area contributed by atoms with Crippen LogP contribution in [0.3, 0.4) is 0 Å². The summed E-state index contributed by atoms with van der Waals surface area (Å²) in [5, 5.41) is 0. The van der Waals surface area contributed by atoms with E-state index in [0.29, 0.717) is 18.8 Å². The molecule has 7 nitrogen and oxygen atoms in total. The van der Waals surface area contributed by atoms with Gasteiger partial charge in [-0.15, -0.1) is 0 Å². The van der Waals surface area contributed by atoms with Crippen molar-refractivity contribution in [2.75, 3.05) is 26.2 Å². The van der Waals surface area contributed by atoms with Gasteiger partial charge in [0.1, 0.15) is 11.8 Å². The third kappa shape index (κ3) is 3.75. The van der Waals surface area contributed by atoms with Crippen LogP contribution >= 0.6 is 0 Å². The summed E-state index contributed by atoms with van der Waals surface area (Å²) in [5.74, 6) is -0.476. The first kappa shape index (κ1) is 15.8. The van der Waals surface area contributed by atoms with E-state index in [1.165, 1.54) is 16.7 Å². The van der Waals surface area contributed by atoms with Gasteiger partial charge < -0.3 is 20.3 Å². The molecule has 22 heavy (non-hydrogen) atoms. The van der Waals surface area contributed by atoms with Gasteiger partial charge in [-0.3, -0.25) is 14.4 Å². The molecule has 1 atom stereocenters. The SMILES string of the molecule is CC(=O)N1CCN(C(=O)COc2ccccc2)CC1C(N)=O. The zero-order valence-electron chi connectivity index (χ0n) is 12.4. The first-order valence-electron chi connectivity index (χ1n) is 7.01. The van der Waals surface area contributed by atoms with E-state index in [2.05, 4.69) is 0 Å². The molecule has 0 radical (unpaired) electrons. The van der Waals surface area contributed by atoms with Crippen molar-refractivity contribution in [2.45, 2.75) is 13.0 Å². The number of rotatable bonds is 4. The number of benzene rings is 1. The van der Waals surface area contributed by atoms with Gasteiger partial charge in [-0.1, -0.05) is 18.2 Å². The van der Waals surface area contributed by atoms with Crippen LogP contribution in [-0.2, 0) is 14.4 Å². The standard InChI is InChI=1S/C15H19N3O4/c1-11(19)18-8-7-17(9-13(18)15(16)21)14(20)10-22-12-5-3-2-4-6-12/h2-6,13H,7-10H2,1H3,(H2,16,21). The lowest BCUT2D eigenvalue weighted by Gasteiger charge is -2.39. The van der Waals surface area contributed by atoms with Gasteiger partial charge in [-0.2, -0.15) is 0 Å². The Hall–Kier alpha value is -2.57. The normalized spacial score (nSPS) is 18.0. The van der Waals surface area contributed by atoms with Gasteiger partial charge in [0.2, 0.25) is 11.8 Å². The predicted octanol–water partition coefficient (Wildman–Crippen LogP) is -0.390. The van der Waals surface area contributed by atoms with Crippen molar-refractivity contribution in [3.8, 4) is 5.75 Å². The second kappa shape index (κ2) is 6.93. The monoisotopic (exact) mass is 305 g/mol. The first-order valence-corrected chi connectivity index (χ1v) is 7.01. The zero-order valence-corrected chi connectivity index (χ0v) is 12.4. The van der Waals surface area contributed by atoms with Crippen LogP contribution in [0.4, 0.5) is 0 Å². The molecule has 0 aromatic heterocycles. The lowest BCUT2D eigenvalue weighted by atomic mass is 10.1. The van der Waals surface area contributed by atoms with Crippen LogP contribution in [-0.4, -0.2) is 59.8 Å². The van der Waals surface area contributed by atoms with Crippen molar-refractivity contribution in [3.05, 3.63) is 30.3 Å². The molecule has 7 heteroatoms. The Balaban J connectivity index is 1.94. The number of para-hydroxylation sites is 1. The molecule has 118 valence electrons. The van der Waals surface area contributed by atoms with Crippen molar-refractivity contribution < 1.29 is 19.1 Å². The summed E-state index contributed by atoms with van der Waals surface area (Å²) in [7, 11) is 0. The average molecular weight is 305 g/mol. The van der Waals surface area contributed by atoms with Crippen molar-refractivity contribution >= 4 is 17.7 Å². The molecule has 1 aromatic carbocycles. The average Bonchev–Trinajstić information content (AvgIpc) is 2.52. The van der Waals surface area contributed by atoms with Crippen LogP contribution in [0.25, 0.3) is 0 Å². The zero-order chi connectivity index (χ0) is 16.1. The van der Waals surface area contributed by atoms with Crippen LogP contribution in [0.5, 0.6) is 5.75 Å². The van der Waals surface area contributed by atoms with Crippen molar-refractivity contribution in [3.63, 3.8) is 0 Å². The highest BCUT2D eigenvalue weighted by atomic mass is 16.5. The number of nitrogens with zero attached hydrogens (tertiary/aromatic N) is 2. The molecular weight excluding hydrogens is 286 g/mol. The fraction of sp³-hybridized carbons (Fsp3) is 0.400. The van der Waals surface area contributed by atoms with Gasteiger partial charge in [0.05, 0.1) is 6.54 Å². The summed E-state index contributed by atoms with van der Waals surface area (Å²) in [5.41, 5.74) is 5.32. The Kier molecular flexibility index (Phi) is 4.98. The number of piperazine rings is 1. The number of carbonyl (C=O) groups is 3. The van der Waals surface area contributed by atoms with E-state index < -0.39 is 11.9 Å². The number of amides is 3. The van der Waals surface area contributed by atoms with Crippen molar-refractivity contribution in [1.29, 1.82) is 0 Å². The maximum atomic E-state index is 12.2. The van der Waals surface area contributed by atoms with E-state index in [9.17, 15) is 14.4 Å². The maximum absolute atomic E-state index is 12.2. The second-order valence-electron chi connectivity index (χ2n) is 5.07. The van der Waals surface area contributed by atoms with Crippen LogP contribution in [0.15, 0.2) is 30.3 Å². The lowest BCUT2D eigenvalue weighted by molar-refractivity contribution is -0.147. The van der Waals surface area contributed by atoms with E-state index in [4.69, 9.17) is 10.5 Å². The number of nitrogens with two attached hydrogens (primary N) is 1.